The third-order valence-electron chi connectivity index (χ3n) is 5.92. The third kappa shape index (κ3) is 4.20. The van der Waals surface area contributed by atoms with E-state index in [0.717, 1.165) is 44.0 Å². The number of piperazine rings is 1. The normalized spacial score (nSPS) is 14.6. The summed E-state index contributed by atoms with van der Waals surface area (Å²) in [6.45, 7) is 5.40. The maximum Gasteiger partial charge on any atom is 0.256 e. The summed E-state index contributed by atoms with van der Waals surface area (Å²) in [5.41, 5.74) is 4.28. The Morgan fingerprint density at radius 3 is 2.38 bits per heavy atom. The monoisotopic (exact) mass is 426 g/mol. The lowest BCUT2D eigenvalue weighted by Crippen LogP contribution is -2.48. The van der Waals surface area contributed by atoms with E-state index in [1.807, 2.05) is 42.5 Å². The van der Waals surface area contributed by atoms with Crippen molar-refractivity contribution in [3.8, 4) is 11.3 Å². The van der Waals surface area contributed by atoms with Crippen LogP contribution in [0.4, 0.5) is 5.69 Å². The van der Waals surface area contributed by atoms with Gasteiger partial charge in [0.05, 0.1) is 11.9 Å². The van der Waals surface area contributed by atoms with E-state index in [2.05, 4.69) is 49.5 Å². The van der Waals surface area contributed by atoms with E-state index in [-0.39, 0.29) is 5.91 Å². The van der Waals surface area contributed by atoms with Crippen LogP contribution in [0.25, 0.3) is 16.9 Å². The summed E-state index contributed by atoms with van der Waals surface area (Å²) in [6.07, 6.45) is 3.32. The molecule has 1 N–H and O–H groups in total. The Balaban J connectivity index is 1.18. The van der Waals surface area contributed by atoms with E-state index in [1.165, 1.54) is 5.69 Å². The highest BCUT2D eigenvalue weighted by atomic mass is 16.1. The number of nitrogens with zero attached hydrogens (tertiary/aromatic N) is 5. The molecule has 5 rings (SSSR count). The smallest absolute Gasteiger partial charge is 0.256 e. The fraction of sp³-hybridized carbons (Fsp3) is 0.240. The first kappa shape index (κ1) is 20.2. The molecule has 0 radical (unpaired) electrons. The van der Waals surface area contributed by atoms with Gasteiger partial charge in [0, 0.05) is 56.7 Å². The Labute approximate surface area is 187 Å². The lowest BCUT2D eigenvalue weighted by molar-refractivity contribution is 0.0949. The first-order valence-corrected chi connectivity index (χ1v) is 11.0. The standard InChI is InChI=1S/C25H26N6O/c32-25(27-13-14-29-15-17-30(18-16-29)21-9-5-2-6-10-21)22-19-28-31-23(11-12-26-24(22)31)20-7-3-1-4-8-20/h1-12,19H,13-18H2,(H,27,32). The van der Waals surface area contributed by atoms with Gasteiger partial charge in [0.25, 0.3) is 5.91 Å². The minimum atomic E-state index is -0.138. The van der Waals surface area contributed by atoms with Gasteiger partial charge in [-0.05, 0) is 18.2 Å². The number of amides is 1. The number of nitrogens with one attached hydrogen (secondary N) is 1. The number of carbonyl (C=O) groups is 1. The van der Waals surface area contributed by atoms with Gasteiger partial charge in [0.2, 0.25) is 0 Å². The summed E-state index contributed by atoms with van der Waals surface area (Å²) >= 11 is 0. The van der Waals surface area contributed by atoms with Crippen LogP contribution in [0.5, 0.6) is 0 Å². The maximum absolute atomic E-state index is 12.8. The zero-order valence-corrected chi connectivity index (χ0v) is 17.9. The SMILES string of the molecule is O=C(NCCN1CCN(c2ccccc2)CC1)c1cnn2c(-c3ccccc3)ccnc12. The van der Waals surface area contributed by atoms with Gasteiger partial charge in [-0.3, -0.25) is 9.69 Å². The van der Waals surface area contributed by atoms with E-state index in [9.17, 15) is 4.79 Å². The molecule has 4 aromatic rings. The van der Waals surface area contributed by atoms with E-state index in [4.69, 9.17) is 0 Å². The molecule has 2 aromatic heterocycles. The van der Waals surface area contributed by atoms with Crippen molar-refractivity contribution in [1.82, 2.24) is 24.8 Å². The average Bonchev–Trinajstić information content (AvgIpc) is 3.30. The highest BCUT2D eigenvalue weighted by Crippen LogP contribution is 2.20. The van der Waals surface area contributed by atoms with Gasteiger partial charge in [-0.2, -0.15) is 5.10 Å². The van der Waals surface area contributed by atoms with Crippen molar-refractivity contribution in [3.05, 3.63) is 84.7 Å². The van der Waals surface area contributed by atoms with Gasteiger partial charge in [-0.1, -0.05) is 48.5 Å². The molecule has 2 aromatic carbocycles. The number of benzene rings is 2. The lowest BCUT2D eigenvalue weighted by Gasteiger charge is -2.36. The Kier molecular flexibility index (Phi) is 5.81. The molecule has 0 saturated carbocycles. The highest BCUT2D eigenvalue weighted by Gasteiger charge is 2.19. The van der Waals surface area contributed by atoms with E-state index in [1.54, 1.807) is 16.9 Å². The predicted molar refractivity (Wildman–Crippen MR) is 126 cm³/mol. The first-order valence-electron chi connectivity index (χ1n) is 11.0. The fourth-order valence-electron chi connectivity index (χ4n) is 4.17. The zero-order chi connectivity index (χ0) is 21.8. The van der Waals surface area contributed by atoms with Gasteiger partial charge in [0.15, 0.2) is 5.65 Å². The molecule has 162 valence electrons. The summed E-state index contributed by atoms with van der Waals surface area (Å²) in [5.74, 6) is -0.138. The second-order valence-electron chi connectivity index (χ2n) is 7.91. The highest BCUT2D eigenvalue weighted by molar-refractivity contribution is 5.99. The average molecular weight is 427 g/mol. The number of fused-ring (bicyclic) bond motifs is 1. The number of aromatic nitrogens is 3. The number of carbonyl (C=O) groups excluding carboxylic acids is 1. The molecule has 1 amide bonds. The molecule has 1 aliphatic rings. The van der Waals surface area contributed by atoms with Crippen LogP contribution >= 0.6 is 0 Å². The molecule has 7 heteroatoms. The van der Waals surface area contributed by atoms with Gasteiger partial charge < -0.3 is 10.2 Å². The van der Waals surface area contributed by atoms with Crippen LogP contribution in [0.15, 0.2) is 79.1 Å². The van der Waals surface area contributed by atoms with E-state index < -0.39 is 0 Å². The third-order valence-corrected chi connectivity index (χ3v) is 5.92. The predicted octanol–water partition coefficient (Wildman–Crippen LogP) is 2.95. The van der Waals surface area contributed by atoms with Crippen LogP contribution in [0.3, 0.4) is 0 Å². The summed E-state index contributed by atoms with van der Waals surface area (Å²) in [6, 6.07) is 22.4. The molecule has 0 aliphatic carbocycles. The van der Waals surface area contributed by atoms with Crippen LogP contribution in [-0.4, -0.2) is 64.7 Å². The van der Waals surface area contributed by atoms with Crippen molar-refractivity contribution in [2.75, 3.05) is 44.2 Å². The molecule has 0 unspecified atom stereocenters. The topological polar surface area (TPSA) is 65.8 Å². The molecular weight excluding hydrogens is 400 g/mol. The molecule has 0 spiro atoms. The van der Waals surface area contributed by atoms with Gasteiger partial charge >= 0.3 is 0 Å². The van der Waals surface area contributed by atoms with E-state index >= 15 is 0 Å². The summed E-state index contributed by atoms with van der Waals surface area (Å²) in [4.78, 5) is 22.0. The van der Waals surface area contributed by atoms with Crippen LogP contribution in [0, 0.1) is 0 Å². The lowest BCUT2D eigenvalue weighted by atomic mass is 10.1. The van der Waals surface area contributed by atoms with E-state index in [0.29, 0.717) is 17.8 Å². The molecule has 1 saturated heterocycles. The van der Waals surface area contributed by atoms with Crippen molar-refractivity contribution in [3.63, 3.8) is 0 Å². The van der Waals surface area contributed by atoms with Gasteiger partial charge in [0.1, 0.15) is 5.56 Å². The number of para-hydroxylation sites is 1. The van der Waals surface area contributed by atoms with Crippen LogP contribution < -0.4 is 10.2 Å². The molecule has 32 heavy (non-hydrogen) atoms. The Bertz CT molecular complexity index is 1180. The number of hydrogen-bond donors (Lipinski definition) is 1. The maximum atomic E-state index is 12.8. The quantitative estimate of drug-likeness (QED) is 0.514. The molecular formula is C25H26N6O. The minimum absolute atomic E-state index is 0.138. The fourth-order valence-corrected chi connectivity index (χ4v) is 4.17. The number of rotatable bonds is 6. The summed E-state index contributed by atoms with van der Waals surface area (Å²) < 4.78 is 1.73. The van der Waals surface area contributed by atoms with Crippen molar-refractivity contribution in [2.45, 2.75) is 0 Å². The second-order valence-corrected chi connectivity index (χ2v) is 7.91. The Hall–Kier alpha value is -3.71. The largest absolute Gasteiger partial charge is 0.369 e. The minimum Gasteiger partial charge on any atom is -0.369 e. The zero-order valence-electron chi connectivity index (χ0n) is 17.9. The molecule has 0 bridgehead atoms. The van der Waals surface area contributed by atoms with Crippen LogP contribution in [0.1, 0.15) is 10.4 Å². The number of anilines is 1. The van der Waals surface area contributed by atoms with Crippen molar-refractivity contribution in [1.29, 1.82) is 0 Å². The Morgan fingerprint density at radius 1 is 0.906 bits per heavy atom. The second kappa shape index (κ2) is 9.20. The first-order chi connectivity index (χ1) is 15.8. The summed E-state index contributed by atoms with van der Waals surface area (Å²) in [7, 11) is 0. The molecule has 1 aliphatic heterocycles. The Morgan fingerprint density at radius 2 is 1.62 bits per heavy atom. The van der Waals surface area contributed by atoms with Crippen molar-refractivity contribution >= 4 is 17.2 Å². The number of hydrogen-bond acceptors (Lipinski definition) is 5. The van der Waals surface area contributed by atoms with Gasteiger partial charge in [-0.15, -0.1) is 0 Å². The molecule has 7 nitrogen and oxygen atoms in total. The summed E-state index contributed by atoms with van der Waals surface area (Å²) in [5, 5.41) is 7.47. The van der Waals surface area contributed by atoms with Crippen molar-refractivity contribution in [2.24, 2.45) is 0 Å². The van der Waals surface area contributed by atoms with Crippen molar-refractivity contribution < 1.29 is 4.79 Å². The van der Waals surface area contributed by atoms with Crippen LogP contribution in [0.2, 0.25) is 0 Å². The van der Waals surface area contributed by atoms with Crippen LogP contribution in [-0.2, 0) is 0 Å². The molecule has 3 heterocycles. The molecule has 1 fully saturated rings. The van der Waals surface area contributed by atoms with Gasteiger partial charge in [-0.25, -0.2) is 9.50 Å². The molecule has 0 atom stereocenters.